The zero-order valence-corrected chi connectivity index (χ0v) is 11.2. The van der Waals surface area contributed by atoms with Gasteiger partial charge in [0.2, 0.25) is 0 Å². The predicted molar refractivity (Wildman–Crippen MR) is 74.1 cm³/mol. The number of nitrogens with one attached hydrogen (secondary N) is 1. The summed E-state index contributed by atoms with van der Waals surface area (Å²) in [6.07, 6.45) is 0.728. The maximum Gasteiger partial charge on any atom is 0.101 e. The second-order valence-electron chi connectivity index (χ2n) is 5.36. The van der Waals surface area contributed by atoms with Gasteiger partial charge in [-0.05, 0) is 37.5 Å². The van der Waals surface area contributed by atoms with E-state index in [2.05, 4.69) is 19.2 Å². The minimum absolute atomic E-state index is 0.438. The summed E-state index contributed by atoms with van der Waals surface area (Å²) in [5.41, 5.74) is 6.71. The summed E-state index contributed by atoms with van der Waals surface area (Å²) in [4.78, 5) is 0. The number of nitrogens with zero attached hydrogens (tertiary/aromatic N) is 1. The van der Waals surface area contributed by atoms with Gasteiger partial charge in [-0.25, -0.2) is 0 Å². The molecule has 0 saturated heterocycles. The van der Waals surface area contributed by atoms with Crippen LogP contribution < -0.4 is 11.1 Å². The van der Waals surface area contributed by atoms with Gasteiger partial charge in [-0.1, -0.05) is 13.8 Å². The molecule has 0 aromatic heterocycles. The summed E-state index contributed by atoms with van der Waals surface area (Å²) in [5, 5.41) is 22.1. The minimum Gasteiger partial charge on any atom is -0.398 e. The standard InChI is InChI=1S/C14H21N3O/c1-10(2)7-14(3,18)9-17-12-5-4-11(8-15)13(16)6-12/h4-6,10,17-18H,7,9,16H2,1-3H3. The first-order chi connectivity index (χ1) is 8.34. The van der Waals surface area contributed by atoms with Gasteiger partial charge in [0.25, 0.3) is 0 Å². The van der Waals surface area contributed by atoms with Crippen LogP contribution in [-0.4, -0.2) is 17.3 Å². The van der Waals surface area contributed by atoms with Crippen LogP contribution in [0, 0.1) is 17.2 Å². The lowest BCUT2D eigenvalue weighted by atomic mass is 9.94. The Morgan fingerprint density at radius 3 is 2.67 bits per heavy atom. The number of anilines is 2. The van der Waals surface area contributed by atoms with Gasteiger partial charge >= 0.3 is 0 Å². The van der Waals surface area contributed by atoms with E-state index in [9.17, 15) is 5.11 Å². The second-order valence-corrected chi connectivity index (χ2v) is 5.36. The molecular weight excluding hydrogens is 226 g/mol. The molecule has 1 rings (SSSR count). The van der Waals surface area contributed by atoms with Crippen molar-refractivity contribution in [2.45, 2.75) is 32.8 Å². The fourth-order valence-corrected chi connectivity index (χ4v) is 2.02. The highest BCUT2D eigenvalue weighted by atomic mass is 16.3. The number of hydrogen-bond acceptors (Lipinski definition) is 4. The Bertz CT molecular complexity index is 447. The van der Waals surface area contributed by atoms with Crippen molar-refractivity contribution in [2.24, 2.45) is 5.92 Å². The van der Waals surface area contributed by atoms with Crippen LogP contribution in [0.4, 0.5) is 11.4 Å². The highest BCUT2D eigenvalue weighted by molar-refractivity contribution is 5.62. The lowest BCUT2D eigenvalue weighted by molar-refractivity contribution is 0.0515. The monoisotopic (exact) mass is 247 g/mol. The zero-order valence-electron chi connectivity index (χ0n) is 11.2. The lowest BCUT2D eigenvalue weighted by Crippen LogP contribution is -2.34. The molecule has 0 saturated carbocycles. The van der Waals surface area contributed by atoms with Crippen LogP contribution in [-0.2, 0) is 0 Å². The molecular formula is C14H21N3O. The SMILES string of the molecule is CC(C)CC(C)(O)CNc1ccc(C#N)c(N)c1. The van der Waals surface area contributed by atoms with Crippen molar-refractivity contribution in [3.8, 4) is 6.07 Å². The number of benzene rings is 1. The molecule has 1 aromatic carbocycles. The summed E-state index contributed by atoms with van der Waals surface area (Å²) in [6, 6.07) is 7.20. The van der Waals surface area contributed by atoms with Crippen LogP contribution in [0.3, 0.4) is 0 Å². The summed E-state index contributed by atoms with van der Waals surface area (Å²) >= 11 is 0. The molecule has 98 valence electrons. The summed E-state index contributed by atoms with van der Waals surface area (Å²) in [7, 11) is 0. The Hall–Kier alpha value is -1.73. The fraction of sp³-hybridized carbons (Fsp3) is 0.500. The molecule has 4 nitrogen and oxygen atoms in total. The maximum atomic E-state index is 10.2. The van der Waals surface area contributed by atoms with Crippen molar-refractivity contribution in [2.75, 3.05) is 17.6 Å². The van der Waals surface area contributed by atoms with Gasteiger partial charge in [0.05, 0.1) is 16.9 Å². The molecule has 0 fully saturated rings. The molecule has 1 atom stereocenters. The fourth-order valence-electron chi connectivity index (χ4n) is 2.02. The molecule has 18 heavy (non-hydrogen) atoms. The van der Waals surface area contributed by atoms with Crippen LogP contribution in [0.2, 0.25) is 0 Å². The Balaban J connectivity index is 2.64. The maximum absolute atomic E-state index is 10.2. The van der Waals surface area contributed by atoms with Crippen LogP contribution in [0.1, 0.15) is 32.8 Å². The first kappa shape index (κ1) is 14.3. The predicted octanol–water partition coefficient (Wildman–Crippen LogP) is 2.35. The van der Waals surface area contributed by atoms with Gasteiger partial charge in [0.1, 0.15) is 6.07 Å². The summed E-state index contributed by atoms with van der Waals surface area (Å²) in [5.74, 6) is 0.438. The molecule has 0 aliphatic heterocycles. The Morgan fingerprint density at radius 1 is 1.50 bits per heavy atom. The average molecular weight is 247 g/mol. The third kappa shape index (κ3) is 4.27. The van der Waals surface area contributed by atoms with Gasteiger partial charge < -0.3 is 16.2 Å². The molecule has 0 aliphatic rings. The van der Waals surface area contributed by atoms with Crippen LogP contribution in [0.25, 0.3) is 0 Å². The highest BCUT2D eigenvalue weighted by Gasteiger charge is 2.21. The molecule has 0 aliphatic carbocycles. The highest BCUT2D eigenvalue weighted by Crippen LogP contribution is 2.20. The second kappa shape index (κ2) is 5.74. The number of nitriles is 1. The molecule has 1 aromatic rings. The van der Waals surface area contributed by atoms with E-state index >= 15 is 0 Å². The number of aliphatic hydroxyl groups is 1. The van der Waals surface area contributed by atoms with Gasteiger partial charge in [-0.2, -0.15) is 5.26 Å². The minimum atomic E-state index is -0.753. The Labute approximate surface area is 108 Å². The normalized spacial score (nSPS) is 14.0. The topological polar surface area (TPSA) is 82.1 Å². The molecule has 0 amide bonds. The quantitative estimate of drug-likeness (QED) is 0.697. The largest absolute Gasteiger partial charge is 0.398 e. The Kier molecular flexibility index (Phi) is 4.57. The number of rotatable bonds is 5. The number of hydrogen-bond donors (Lipinski definition) is 3. The summed E-state index contributed by atoms with van der Waals surface area (Å²) in [6.45, 7) is 6.42. The van der Waals surface area contributed by atoms with Crippen molar-refractivity contribution < 1.29 is 5.11 Å². The van der Waals surface area contributed by atoms with Gasteiger partial charge in [-0.15, -0.1) is 0 Å². The molecule has 0 radical (unpaired) electrons. The third-order valence-electron chi connectivity index (χ3n) is 2.69. The van der Waals surface area contributed by atoms with Crippen LogP contribution >= 0.6 is 0 Å². The number of nitrogen functional groups attached to an aromatic ring is 1. The van der Waals surface area contributed by atoms with Gasteiger partial charge in [0.15, 0.2) is 0 Å². The van der Waals surface area contributed by atoms with Gasteiger partial charge in [0, 0.05) is 12.2 Å². The first-order valence-corrected chi connectivity index (χ1v) is 6.10. The smallest absolute Gasteiger partial charge is 0.101 e. The average Bonchev–Trinajstić information content (AvgIpc) is 2.25. The van der Waals surface area contributed by atoms with E-state index in [0.717, 1.165) is 12.1 Å². The summed E-state index contributed by atoms with van der Waals surface area (Å²) < 4.78 is 0. The lowest BCUT2D eigenvalue weighted by Gasteiger charge is -2.26. The van der Waals surface area contributed by atoms with E-state index in [4.69, 9.17) is 11.0 Å². The van der Waals surface area contributed by atoms with Crippen LogP contribution in [0.5, 0.6) is 0 Å². The van der Waals surface area contributed by atoms with E-state index in [1.807, 2.05) is 13.0 Å². The zero-order chi connectivity index (χ0) is 13.8. The molecule has 0 heterocycles. The molecule has 4 N–H and O–H groups in total. The molecule has 0 bridgehead atoms. The van der Waals surface area contributed by atoms with Crippen molar-refractivity contribution in [3.05, 3.63) is 23.8 Å². The molecule has 0 spiro atoms. The van der Waals surface area contributed by atoms with E-state index in [1.165, 1.54) is 0 Å². The van der Waals surface area contributed by atoms with Crippen molar-refractivity contribution in [3.63, 3.8) is 0 Å². The van der Waals surface area contributed by atoms with E-state index in [0.29, 0.717) is 23.7 Å². The first-order valence-electron chi connectivity index (χ1n) is 6.10. The van der Waals surface area contributed by atoms with Crippen LogP contribution in [0.15, 0.2) is 18.2 Å². The number of nitrogens with two attached hydrogens (primary N) is 1. The third-order valence-corrected chi connectivity index (χ3v) is 2.69. The van der Waals surface area contributed by atoms with Gasteiger partial charge in [-0.3, -0.25) is 0 Å². The molecule has 4 heteroatoms. The molecule has 1 unspecified atom stereocenters. The van der Waals surface area contributed by atoms with E-state index in [-0.39, 0.29) is 0 Å². The van der Waals surface area contributed by atoms with Crippen molar-refractivity contribution >= 4 is 11.4 Å². The Morgan fingerprint density at radius 2 is 2.17 bits per heavy atom. The van der Waals surface area contributed by atoms with E-state index < -0.39 is 5.60 Å². The van der Waals surface area contributed by atoms with Crippen molar-refractivity contribution in [1.82, 2.24) is 0 Å². The van der Waals surface area contributed by atoms with Crippen molar-refractivity contribution in [1.29, 1.82) is 5.26 Å². The van der Waals surface area contributed by atoms with E-state index in [1.54, 1.807) is 18.2 Å².